The highest BCUT2D eigenvalue weighted by Crippen LogP contribution is 2.24. The summed E-state index contributed by atoms with van der Waals surface area (Å²) in [6, 6.07) is 15.2. The van der Waals surface area contributed by atoms with Crippen LogP contribution in [0.3, 0.4) is 0 Å². The summed E-state index contributed by atoms with van der Waals surface area (Å²) in [7, 11) is 0. The van der Waals surface area contributed by atoms with E-state index in [1.165, 1.54) is 11.8 Å². The number of anilines is 2. The number of nitrogens with zero attached hydrogens (tertiary/aromatic N) is 3. The van der Waals surface area contributed by atoms with E-state index in [4.69, 9.17) is 0 Å². The summed E-state index contributed by atoms with van der Waals surface area (Å²) in [5, 5.41) is 6.43. The van der Waals surface area contributed by atoms with Gasteiger partial charge in [0.15, 0.2) is 5.16 Å². The van der Waals surface area contributed by atoms with Gasteiger partial charge in [-0.3, -0.25) is 14.3 Å². The lowest BCUT2D eigenvalue weighted by atomic mass is 10.2. The zero-order chi connectivity index (χ0) is 20.2. The van der Waals surface area contributed by atoms with Crippen LogP contribution in [0.15, 0.2) is 66.1 Å². The van der Waals surface area contributed by atoms with Gasteiger partial charge in [-0.25, -0.2) is 9.78 Å². The maximum absolute atomic E-state index is 12.5. The van der Waals surface area contributed by atoms with Gasteiger partial charge in [-0.2, -0.15) is 0 Å². The molecular weight excluding hydrogens is 386 g/mol. The molecule has 29 heavy (non-hydrogen) atoms. The fraction of sp³-hybridized carbons (Fsp3) is 0.190. The molecule has 8 heteroatoms. The van der Waals surface area contributed by atoms with Crippen molar-refractivity contribution in [3.05, 3.63) is 66.5 Å². The normalized spacial score (nSPS) is 13.4. The molecule has 0 unspecified atom stereocenters. The Bertz CT molecular complexity index is 1050. The Morgan fingerprint density at radius 2 is 2.10 bits per heavy atom. The number of imidazole rings is 1. The van der Waals surface area contributed by atoms with Gasteiger partial charge in [-0.1, -0.05) is 36.0 Å². The first-order valence-electron chi connectivity index (χ1n) is 9.29. The third-order valence-electron chi connectivity index (χ3n) is 4.61. The first-order valence-corrected chi connectivity index (χ1v) is 10.3. The average molecular weight is 407 g/mol. The van der Waals surface area contributed by atoms with E-state index < -0.39 is 0 Å². The number of amides is 3. The molecule has 1 aromatic heterocycles. The van der Waals surface area contributed by atoms with Crippen molar-refractivity contribution in [3.8, 4) is 5.69 Å². The fourth-order valence-electron chi connectivity index (χ4n) is 3.21. The van der Waals surface area contributed by atoms with Crippen LogP contribution < -0.4 is 15.5 Å². The number of para-hydroxylation sites is 1. The maximum atomic E-state index is 12.5. The molecule has 1 aliphatic heterocycles. The molecule has 2 aromatic carbocycles. The number of urea groups is 1. The summed E-state index contributed by atoms with van der Waals surface area (Å²) in [4.78, 5) is 30.3. The average Bonchev–Trinajstić information content (AvgIpc) is 3.36. The van der Waals surface area contributed by atoms with E-state index in [0.717, 1.165) is 22.1 Å². The highest BCUT2D eigenvalue weighted by Gasteiger charge is 2.21. The molecule has 0 bridgehead atoms. The first kappa shape index (κ1) is 19.1. The summed E-state index contributed by atoms with van der Waals surface area (Å²) in [5.41, 5.74) is 3.61. The van der Waals surface area contributed by atoms with Gasteiger partial charge in [0.2, 0.25) is 5.91 Å². The topological polar surface area (TPSA) is 79.3 Å². The Morgan fingerprint density at radius 1 is 1.24 bits per heavy atom. The summed E-state index contributed by atoms with van der Waals surface area (Å²) in [6.45, 7) is 3.29. The first-order chi connectivity index (χ1) is 14.1. The Labute approximate surface area is 173 Å². The lowest BCUT2D eigenvalue weighted by Crippen LogP contribution is -2.27. The second-order valence-electron chi connectivity index (χ2n) is 6.64. The molecule has 1 aliphatic rings. The number of benzene rings is 2. The molecule has 2 N–H and O–H groups in total. The van der Waals surface area contributed by atoms with Crippen molar-refractivity contribution in [3.63, 3.8) is 0 Å². The largest absolute Gasteiger partial charge is 0.336 e. The molecule has 0 saturated carbocycles. The summed E-state index contributed by atoms with van der Waals surface area (Å²) >= 11 is 1.38. The minimum Gasteiger partial charge on any atom is -0.336 e. The number of aromatic nitrogens is 2. The second-order valence-corrected chi connectivity index (χ2v) is 7.58. The monoisotopic (exact) mass is 407 g/mol. The van der Waals surface area contributed by atoms with Gasteiger partial charge in [-0.15, -0.1) is 0 Å². The van der Waals surface area contributed by atoms with Crippen molar-refractivity contribution >= 4 is 35.1 Å². The van der Waals surface area contributed by atoms with Crippen molar-refractivity contribution < 1.29 is 9.59 Å². The molecule has 0 spiro atoms. The molecule has 1 fully saturated rings. The Balaban J connectivity index is 1.40. The third kappa shape index (κ3) is 4.27. The number of nitrogens with one attached hydrogen (secondary N) is 2. The molecule has 148 valence electrons. The number of hydrogen-bond donors (Lipinski definition) is 2. The molecule has 3 amide bonds. The number of hydrogen-bond acceptors (Lipinski definition) is 4. The van der Waals surface area contributed by atoms with Gasteiger partial charge in [0.25, 0.3) is 0 Å². The lowest BCUT2D eigenvalue weighted by Gasteiger charge is -2.15. The van der Waals surface area contributed by atoms with Gasteiger partial charge in [0, 0.05) is 36.9 Å². The predicted molar refractivity (Wildman–Crippen MR) is 115 cm³/mol. The van der Waals surface area contributed by atoms with Crippen molar-refractivity contribution in [2.75, 3.05) is 29.1 Å². The van der Waals surface area contributed by atoms with Gasteiger partial charge in [0.05, 0.1) is 11.4 Å². The maximum Gasteiger partial charge on any atom is 0.321 e. The van der Waals surface area contributed by atoms with E-state index in [1.54, 1.807) is 11.1 Å². The Morgan fingerprint density at radius 3 is 2.90 bits per heavy atom. The van der Waals surface area contributed by atoms with Gasteiger partial charge < -0.3 is 10.6 Å². The number of carbonyl (C=O) groups is 2. The minimum atomic E-state index is -0.127. The van der Waals surface area contributed by atoms with E-state index in [-0.39, 0.29) is 17.7 Å². The van der Waals surface area contributed by atoms with Crippen LogP contribution in [0, 0.1) is 6.92 Å². The van der Waals surface area contributed by atoms with E-state index >= 15 is 0 Å². The summed E-state index contributed by atoms with van der Waals surface area (Å²) in [5.74, 6) is 0.106. The molecule has 0 atom stereocenters. The van der Waals surface area contributed by atoms with Gasteiger partial charge >= 0.3 is 6.03 Å². The molecule has 3 aromatic rings. The molecule has 1 saturated heterocycles. The highest BCUT2D eigenvalue weighted by atomic mass is 32.2. The van der Waals surface area contributed by atoms with Crippen LogP contribution in [0.25, 0.3) is 5.69 Å². The van der Waals surface area contributed by atoms with Crippen LogP contribution in [0.4, 0.5) is 16.2 Å². The standard InChI is InChI=1S/C21H21N5O2S/c1-15-5-2-3-8-18(15)26-12-10-23-21(26)29-14-19(27)24-16-6-4-7-17(13-16)25-11-9-22-20(25)28/h2-8,10,12-13H,9,11,14H2,1H3,(H,22,28)(H,24,27). The number of rotatable bonds is 6. The molecular formula is C21H21N5O2S. The van der Waals surface area contributed by atoms with E-state index in [2.05, 4.69) is 15.6 Å². The second kappa shape index (κ2) is 8.40. The van der Waals surface area contributed by atoms with Crippen molar-refractivity contribution in [2.45, 2.75) is 12.1 Å². The SMILES string of the molecule is Cc1ccccc1-n1ccnc1SCC(=O)Nc1cccc(N2CCNC2=O)c1. The van der Waals surface area contributed by atoms with Crippen LogP contribution in [0.2, 0.25) is 0 Å². The van der Waals surface area contributed by atoms with Crippen LogP contribution in [0.5, 0.6) is 0 Å². The summed E-state index contributed by atoms with van der Waals surface area (Å²) < 4.78 is 1.99. The molecule has 7 nitrogen and oxygen atoms in total. The third-order valence-corrected chi connectivity index (χ3v) is 5.58. The van der Waals surface area contributed by atoms with Crippen molar-refractivity contribution in [1.82, 2.24) is 14.9 Å². The van der Waals surface area contributed by atoms with Crippen LogP contribution in [-0.4, -0.2) is 40.3 Å². The zero-order valence-corrected chi connectivity index (χ0v) is 16.8. The number of thioether (sulfide) groups is 1. The van der Waals surface area contributed by atoms with Gasteiger partial charge in [-0.05, 0) is 36.8 Å². The van der Waals surface area contributed by atoms with E-state index in [9.17, 15) is 9.59 Å². The predicted octanol–water partition coefficient (Wildman–Crippen LogP) is 3.44. The lowest BCUT2D eigenvalue weighted by molar-refractivity contribution is -0.113. The number of carbonyl (C=O) groups excluding carboxylic acids is 2. The highest BCUT2D eigenvalue weighted by molar-refractivity contribution is 7.99. The quantitative estimate of drug-likeness (QED) is 0.614. The fourth-order valence-corrected chi connectivity index (χ4v) is 3.98. The van der Waals surface area contributed by atoms with Crippen LogP contribution in [-0.2, 0) is 4.79 Å². The molecule has 0 radical (unpaired) electrons. The molecule has 0 aliphatic carbocycles. The van der Waals surface area contributed by atoms with Crippen LogP contribution in [0.1, 0.15) is 5.56 Å². The minimum absolute atomic E-state index is 0.118. The molecule has 4 rings (SSSR count). The smallest absolute Gasteiger partial charge is 0.321 e. The van der Waals surface area contributed by atoms with E-state index in [0.29, 0.717) is 18.8 Å². The van der Waals surface area contributed by atoms with Gasteiger partial charge in [0.1, 0.15) is 0 Å². The van der Waals surface area contributed by atoms with Crippen LogP contribution >= 0.6 is 11.8 Å². The van der Waals surface area contributed by atoms with Crippen molar-refractivity contribution in [2.24, 2.45) is 0 Å². The number of aryl methyl sites for hydroxylation is 1. The Hall–Kier alpha value is -3.26. The van der Waals surface area contributed by atoms with E-state index in [1.807, 2.05) is 66.2 Å². The Kier molecular flexibility index (Phi) is 5.53. The summed E-state index contributed by atoms with van der Waals surface area (Å²) in [6.07, 6.45) is 3.63. The zero-order valence-electron chi connectivity index (χ0n) is 16.0. The molecule has 2 heterocycles. The van der Waals surface area contributed by atoms with Crippen molar-refractivity contribution in [1.29, 1.82) is 0 Å².